The number of sulfonamides is 1. The van der Waals surface area contributed by atoms with Gasteiger partial charge >= 0.3 is 0 Å². The zero-order valence-electron chi connectivity index (χ0n) is 17.5. The van der Waals surface area contributed by atoms with Crippen LogP contribution in [0.1, 0.15) is 29.6 Å². The Hall–Kier alpha value is -2.13. The SMILES string of the molecule is O=S(=O)(NC(C1=NNC(c2ccc(Cl)cc2)C1)c1ccc(Cl)cc1Cl)c1cc2ccccc2s1. The van der Waals surface area contributed by atoms with E-state index in [0.29, 0.717) is 32.8 Å². The molecule has 0 saturated heterocycles. The molecule has 2 unspecified atom stereocenters. The van der Waals surface area contributed by atoms with Crippen molar-refractivity contribution in [1.29, 1.82) is 0 Å². The summed E-state index contributed by atoms with van der Waals surface area (Å²) in [4.78, 5) is 0. The Kier molecular flexibility index (Phi) is 6.59. The van der Waals surface area contributed by atoms with Gasteiger partial charge in [-0.15, -0.1) is 11.3 Å². The summed E-state index contributed by atoms with van der Waals surface area (Å²) in [5.74, 6) is 0. The summed E-state index contributed by atoms with van der Waals surface area (Å²) in [6.07, 6.45) is 0.486. The molecular formula is C24H18Cl3N3O2S2. The Labute approximate surface area is 216 Å². The fraction of sp³-hybridized carbons (Fsp3) is 0.125. The molecule has 0 spiro atoms. The second-order valence-electron chi connectivity index (χ2n) is 7.86. The molecule has 3 aromatic carbocycles. The van der Waals surface area contributed by atoms with Gasteiger partial charge in [-0.25, -0.2) is 8.42 Å². The molecular weight excluding hydrogens is 533 g/mol. The van der Waals surface area contributed by atoms with Gasteiger partial charge in [0.25, 0.3) is 10.0 Å². The molecule has 1 aliphatic heterocycles. The van der Waals surface area contributed by atoms with E-state index in [1.54, 1.807) is 24.3 Å². The van der Waals surface area contributed by atoms with E-state index in [9.17, 15) is 8.42 Å². The van der Waals surface area contributed by atoms with Gasteiger partial charge in [-0.3, -0.25) is 0 Å². The van der Waals surface area contributed by atoms with Crippen LogP contribution in [0.3, 0.4) is 0 Å². The lowest BCUT2D eigenvalue weighted by molar-refractivity contribution is 0.578. The zero-order chi connectivity index (χ0) is 23.9. The number of fused-ring (bicyclic) bond motifs is 1. The molecule has 4 aromatic rings. The van der Waals surface area contributed by atoms with E-state index >= 15 is 0 Å². The largest absolute Gasteiger partial charge is 0.302 e. The van der Waals surface area contributed by atoms with Gasteiger partial charge in [0.2, 0.25) is 0 Å². The van der Waals surface area contributed by atoms with Crippen molar-refractivity contribution in [3.05, 3.63) is 99.0 Å². The van der Waals surface area contributed by atoms with Crippen LogP contribution in [0, 0.1) is 0 Å². The van der Waals surface area contributed by atoms with Gasteiger partial charge in [-0.05, 0) is 52.9 Å². The van der Waals surface area contributed by atoms with Crippen LogP contribution in [0.5, 0.6) is 0 Å². The van der Waals surface area contributed by atoms with Crippen molar-refractivity contribution in [3.8, 4) is 0 Å². The van der Waals surface area contributed by atoms with Crippen LogP contribution in [-0.2, 0) is 10.0 Å². The summed E-state index contributed by atoms with van der Waals surface area (Å²) >= 11 is 19.8. The van der Waals surface area contributed by atoms with Crippen LogP contribution in [0.2, 0.25) is 15.1 Å². The number of nitrogens with one attached hydrogen (secondary N) is 2. The second-order valence-corrected chi connectivity index (χ2v) is 12.2. The maximum Gasteiger partial charge on any atom is 0.251 e. The second kappa shape index (κ2) is 9.49. The van der Waals surface area contributed by atoms with Crippen LogP contribution in [0.25, 0.3) is 10.1 Å². The minimum atomic E-state index is -3.87. The molecule has 2 heterocycles. The lowest BCUT2D eigenvalue weighted by Crippen LogP contribution is -2.33. The minimum Gasteiger partial charge on any atom is -0.302 e. The highest BCUT2D eigenvalue weighted by Crippen LogP contribution is 2.35. The Morgan fingerprint density at radius 2 is 1.71 bits per heavy atom. The first-order chi connectivity index (χ1) is 16.3. The van der Waals surface area contributed by atoms with Crippen molar-refractivity contribution in [2.45, 2.75) is 22.7 Å². The van der Waals surface area contributed by atoms with Crippen LogP contribution >= 0.6 is 46.1 Å². The number of halogens is 3. The maximum absolute atomic E-state index is 13.4. The predicted octanol–water partition coefficient (Wildman–Crippen LogP) is 6.97. The number of nitrogens with zero attached hydrogens (tertiary/aromatic N) is 1. The Morgan fingerprint density at radius 3 is 2.44 bits per heavy atom. The first-order valence-corrected chi connectivity index (χ1v) is 13.8. The third-order valence-electron chi connectivity index (χ3n) is 5.60. The normalized spacial score (nSPS) is 16.9. The van der Waals surface area contributed by atoms with Gasteiger partial charge < -0.3 is 5.43 Å². The molecule has 34 heavy (non-hydrogen) atoms. The predicted molar refractivity (Wildman–Crippen MR) is 141 cm³/mol. The highest BCUT2D eigenvalue weighted by atomic mass is 35.5. The van der Waals surface area contributed by atoms with Crippen molar-refractivity contribution in [2.75, 3.05) is 0 Å². The molecule has 0 saturated carbocycles. The zero-order valence-corrected chi connectivity index (χ0v) is 21.4. The third-order valence-corrected chi connectivity index (χ3v) is 9.42. The van der Waals surface area contributed by atoms with Gasteiger partial charge in [0, 0.05) is 26.2 Å². The topological polar surface area (TPSA) is 70.6 Å². The van der Waals surface area contributed by atoms with Gasteiger partial charge in [0.05, 0.1) is 17.8 Å². The van der Waals surface area contributed by atoms with E-state index < -0.39 is 16.1 Å². The van der Waals surface area contributed by atoms with Gasteiger partial charge in [-0.2, -0.15) is 9.82 Å². The number of hydrazone groups is 1. The van der Waals surface area contributed by atoms with Crippen molar-refractivity contribution in [1.82, 2.24) is 10.1 Å². The van der Waals surface area contributed by atoms with Gasteiger partial charge in [0.15, 0.2) is 0 Å². The maximum atomic E-state index is 13.4. The molecule has 2 N–H and O–H groups in total. The Balaban J connectivity index is 1.49. The van der Waals surface area contributed by atoms with Crippen molar-refractivity contribution in [2.24, 2.45) is 5.10 Å². The van der Waals surface area contributed by atoms with Crippen molar-refractivity contribution in [3.63, 3.8) is 0 Å². The van der Waals surface area contributed by atoms with E-state index in [0.717, 1.165) is 15.6 Å². The summed E-state index contributed by atoms with van der Waals surface area (Å²) in [5, 5.41) is 6.83. The first kappa shape index (κ1) is 23.6. The molecule has 1 aliphatic rings. The van der Waals surface area contributed by atoms with E-state index in [-0.39, 0.29) is 10.3 Å². The third kappa shape index (κ3) is 4.82. The number of hydrogen-bond acceptors (Lipinski definition) is 5. The average molecular weight is 551 g/mol. The Bertz CT molecular complexity index is 1470. The summed E-state index contributed by atoms with van der Waals surface area (Å²) < 4.78 is 30.9. The monoisotopic (exact) mass is 549 g/mol. The fourth-order valence-corrected chi connectivity index (χ4v) is 7.14. The summed E-state index contributed by atoms with van der Waals surface area (Å²) in [6.45, 7) is 0. The smallest absolute Gasteiger partial charge is 0.251 e. The molecule has 0 bridgehead atoms. The van der Waals surface area contributed by atoms with E-state index in [4.69, 9.17) is 34.8 Å². The molecule has 2 atom stereocenters. The quantitative estimate of drug-likeness (QED) is 0.272. The van der Waals surface area contributed by atoms with Crippen molar-refractivity contribution < 1.29 is 8.42 Å². The lowest BCUT2D eigenvalue weighted by Gasteiger charge is -2.20. The van der Waals surface area contributed by atoms with E-state index in [2.05, 4.69) is 15.2 Å². The summed E-state index contributed by atoms with van der Waals surface area (Å²) in [6, 6.07) is 20.8. The van der Waals surface area contributed by atoms with E-state index in [1.807, 2.05) is 48.5 Å². The molecule has 0 radical (unpaired) electrons. The molecule has 5 nitrogen and oxygen atoms in total. The molecule has 0 aliphatic carbocycles. The van der Waals surface area contributed by atoms with Gasteiger partial charge in [0.1, 0.15) is 4.21 Å². The van der Waals surface area contributed by atoms with Crippen LogP contribution in [0.4, 0.5) is 0 Å². The number of hydrogen-bond donors (Lipinski definition) is 2. The molecule has 1 aromatic heterocycles. The molecule has 174 valence electrons. The van der Waals surface area contributed by atoms with Crippen LogP contribution in [-0.4, -0.2) is 14.1 Å². The number of thiophene rings is 1. The van der Waals surface area contributed by atoms with Crippen LogP contribution in [0.15, 0.2) is 82.1 Å². The van der Waals surface area contributed by atoms with Crippen LogP contribution < -0.4 is 10.1 Å². The number of rotatable bonds is 6. The minimum absolute atomic E-state index is 0.116. The molecule has 0 amide bonds. The first-order valence-electron chi connectivity index (χ1n) is 10.3. The van der Waals surface area contributed by atoms with Gasteiger partial charge in [-0.1, -0.05) is 71.2 Å². The average Bonchev–Trinajstić information content (AvgIpc) is 3.46. The highest BCUT2D eigenvalue weighted by Gasteiger charge is 2.33. The lowest BCUT2D eigenvalue weighted by atomic mass is 9.96. The summed E-state index contributed by atoms with van der Waals surface area (Å²) in [7, 11) is -3.87. The van der Waals surface area contributed by atoms with Crippen molar-refractivity contribution >= 4 is 72.0 Å². The summed E-state index contributed by atoms with van der Waals surface area (Å²) in [5.41, 5.74) is 5.31. The molecule has 10 heteroatoms. The fourth-order valence-electron chi connectivity index (χ4n) is 3.88. The van der Waals surface area contributed by atoms with E-state index in [1.165, 1.54) is 11.3 Å². The molecule has 5 rings (SSSR count). The number of benzene rings is 3. The highest BCUT2D eigenvalue weighted by molar-refractivity contribution is 7.91. The standard InChI is InChI=1S/C24H18Cl3N3O2S2/c25-16-7-5-14(6-8-16)20-13-21(29-28-20)24(18-10-9-17(26)12-19(18)27)30-34(31,32)23-11-15-3-1-2-4-22(15)33-23/h1-12,20,24,28,30H,13H2. The molecule has 0 fully saturated rings. The Morgan fingerprint density at radius 1 is 0.971 bits per heavy atom.